The maximum Gasteiger partial charge on any atom is 0.339 e. The van der Waals surface area contributed by atoms with Crippen molar-refractivity contribution in [1.29, 1.82) is 0 Å². The van der Waals surface area contributed by atoms with Crippen LogP contribution in [0.15, 0.2) is 12.3 Å². The number of carboxylic acid groups (broad SMARTS) is 1. The molecule has 1 aliphatic rings. The van der Waals surface area contributed by atoms with Crippen molar-refractivity contribution in [1.82, 2.24) is 4.98 Å². The molecule has 2 rings (SSSR count). The number of halogens is 1. The summed E-state index contributed by atoms with van der Waals surface area (Å²) in [7, 11) is 1.85. The minimum Gasteiger partial charge on any atom is -0.478 e. The van der Waals surface area contributed by atoms with Gasteiger partial charge in [-0.3, -0.25) is 0 Å². The molecular weight excluding hydrogens is 247 g/mol. The van der Waals surface area contributed by atoms with Gasteiger partial charge in [-0.15, -0.1) is 0 Å². The molecule has 1 aliphatic carbocycles. The maximum atomic E-state index is 13.1. The zero-order valence-electron chi connectivity index (χ0n) is 11.3. The zero-order chi connectivity index (χ0) is 14.0. The van der Waals surface area contributed by atoms with E-state index in [1.807, 2.05) is 11.9 Å². The molecule has 19 heavy (non-hydrogen) atoms. The predicted molar refractivity (Wildman–Crippen MR) is 71.0 cm³/mol. The summed E-state index contributed by atoms with van der Waals surface area (Å²) in [5.74, 6) is -0.913. The number of hydrogen-bond acceptors (Lipinski definition) is 3. The number of carbonyl (C=O) groups is 1. The summed E-state index contributed by atoms with van der Waals surface area (Å²) < 4.78 is 13.1. The van der Waals surface area contributed by atoms with Crippen LogP contribution in [0.25, 0.3) is 0 Å². The normalized spacial score (nSPS) is 23.1. The highest BCUT2D eigenvalue weighted by Gasteiger charge is 2.28. The SMILES string of the molecule is CC1CCCCC1N(C)c1ncc(F)cc1C(=O)O. The fourth-order valence-electron chi connectivity index (χ4n) is 2.90. The molecule has 0 aromatic carbocycles. The third-order valence-electron chi connectivity index (χ3n) is 3.96. The van der Waals surface area contributed by atoms with Crippen LogP contribution in [0.2, 0.25) is 0 Å². The molecule has 2 unspecified atom stereocenters. The van der Waals surface area contributed by atoms with Crippen molar-refractivity contribution in [2.24, 2.45) is 5.92 Å². The van der Waals surface area contributed by atoms with Crippen molar-refractivity contribution in [3.8, 4) is 0 Å². The molecule has 1 saturated carbocycles. The highest BCUT2D eigenvalue weighted by Crippen LogP contribution is 2.31. The number of hydrogen-bond donors (Lipinski definition) is 1. The lowest BCUT2D eigenvalue weighted by Gasteiger charge is -2.37. The van der Waals surface area contributed by atoms with Crippen molar-refractivity contribution in [2.45, 2.75) is 38.6 Å². The molecule has 0 saturated heterocycles. The number of aromatic carboxylic acids is 1. The first-order chi connectivity index (χ1) is 9.00. The number of carboxylic acids is 1. The fraction of sp³-hybridized carbons (Fsp3) is 0.571. The predicted octanol–water partition coefficient (Wildman–Crippen LogP) is 2.93. The van der Waals surface area contributed by atoms with E-state index in [2.05, 4.69) is 11.9 Å². The largest absolute Gasteiger partial charge is 0.478 e. The molecule has 5 heteroatoms. The Hall–Kier alpha value is -1.65. The second kappa shape index (κ2) is 5.55. The maximum absolute atomic E-state index is 13.1. The Labute approximate surface area is 112 Å². The molecule has 1 N–H and O–H groups in total. The van der Waals surface area contributed by atoms with Crippen LogP contribution >= 0.6 is 0 Å². The van der Waals surface area contributed by atoms with E-state index in [9.17, 15) is 9.18 Å². The van der Waals surface area contributed by atoms with Gasteiger partial charge in [-0.1, -0.05) is 19.8 Å². The highest BCUT2D eigenvalue weighted by molar-refractivity contribution is 5.93. The van der Waals surface area contributed by atoms with Gasteiger partial charge in [0.25, 0.3) is 0 Å². The van der Waals surface area contributed by atoms with Crippen LogP contribution in [0, 0.1) is 11.7 Å². The molecule has 2 atom stereocenters. The van der Waals surface area contributed by atoms with Gasteiger partial charge in [0.05, 0.1) is 6.20 Å². The van der Waals surface area contributed by atoms with E-state index in [0.29, 0.717) is 11.7 Å². The van der Waals surface area contributed by atoms with E-state index in [1.165, 1.54) is 6.42 Å². The topological polar surface area (TPSA) is 53.4 Å². The van der Waals surface area contributed by atoms with Crippen LogP contribution in [0.1, 0.15) is 43.0 Å². The molecule has 0 radical (unpaired) electrons. The second-order valence-electron chi connectivity index (χ2n) is 5.27. The molecule has 1 aromatic rings. The van der Waals surface area contributed by atoms with Crippen molar-refractivity contribution in [3.63, 3.8) is 0 Å². The molecule has 1 aromatic heterocycles. The summed E-state index contributed by atoms with van der Waals surface area (Å²) in [5.41, 5.74) is -0.0692. The number of anilines is 1. The van der Waals surface area contributed by atoms with Crippen LogP contribution in [-0.4, -0.2) is 29.1 Å². The van der Waals surface area contributed by atoms with E-state index in [4.69, 9.17) is 5.11 Å². The van der Waals surface area contributed by atoms with Crippen LogP contribution in [0.5, 0.6) is 0 Å². The number of rotatable bonds is 3. The Balaban J connectivity index is 2.32. The Bertz CT molecular complexity index is 479. The second-order valence-corrected chi connectivity index (χ2v) is 5.27. The molecule has 1 heterocycles. The summed E-state index contributed by atoms with van der Waals surface area (Å²) >= 11 is 0. The molecular formula is C14H19FN2O2. The van der Waals surface area contributed by atoms with Gasteiger partial charge in [0.15, 0.2) is 0 Å². The van der Waals surface area contributed by atoms with Gasteiger partial charge in [0.2, 0.25) is 0 Å². The average molecular weight is 266 g/mol. The van der Waals surface area contributed by atoms with E-state index >= 15 is 0 Å². The van der Waals surface area contributed by atoms with Gasteiger partial charge in [-0.05, 0) is 24.8 Å². The van der Waals surface area contributed by atoms with Crippen LogP contribution in [-0.2, 0) is 0 Å². The van der Waals surface area contributed by atoms with Gasteiger partial charge < -0.3 is 10.0 Å². The Kier molecular flexibility index (Phi) is 4.02. The van der Waals surface area contributed by atoms with Gasteiger partial charge in [-0.2, -0.15) is 0 Å². The minimum atomic E-state index is -1.14. The third kappa shape index (κ3) is 2.85. The summed E-state index contributed by atoms with van der Waals surface area (Å²) in [5, 5.41) is 9.17. The zero-order valence-corrected chi connectivity index (χ0v) is 11.3. The van der Waals surface area contributed by atoms with Gasteiger partial charge in [0, 0.05) is 13.1 Å². The average Bonchev–Trinajstić information content (AvgIpc) is 2.38. The van der Waals surface area contributed by atoms with Crippen molar-refractivity contribution in [3.05, 3.63) is 23.6 Å². The first-order valence-corrected chi connectivity index (χ1v) is 6.62. The van der Waals surface area contributed by atoms with Crippen molar-refractivity contribution >= 4 is 11.8 Å². The molecule has 0 bridgehead atoms. The van der Waals surface area contributed by atoms with Gasteiger partial charge in [0.1, 0.15) is 17.2 Å². The molecule has 4 nitrogen and oxygen atoms in total. The lowest BCUT2D eigenvalue weighted by Crippen LogP contribution is -2.40. The number of pyridine rings is 1. The minimum absolute atomic E-state index is 0.0692. The van der Waals surface area contributed by atoms with Gasteiger partial charge >= 0.3 is 5.97 Å². The van der Waals surface area contributed by atoms with E-state index in [0.717, 1.165) is 31.5 Å². The van der Waals surface area contributed by atoms with Crippen LogP contribution < -0.4 is 4.90 Å². The number of nitrogens with zero attached hydrogens (tertiary/aromatic N) is 2. The first-order valence-electron chi connectivity index (χ1n) is 6.62. The van der Waals surface area contributed by atoms with E-state index < -0.39 is 11.8 Å². The first kappa shape index (κ1) is 13.8. The summed E-state index contributed by atoms with van der Waals surface area (Å²) in [4.78, 5) is 17.1. The van der Waals surface area contributed by atoms with Gasteiger partial charge in [-0.25, -0.2) is 14.2 Å². The smallest absolute Gasteiger partial charge is 0.339 e. The highest BCUT2D eigenvalue weighted by atomic mass is 19.1. The summed E-state index contributed by atoms with van der Waals surface area (Å²) in [6, 6.07) is 1.30. The van der Waals surface area contributed by atoms with Crippen molar-refractivity contribution < 1.29 is 14.3 Å². The van der Waals surface area contributed by atoms with Crippen molar-refractivity contribution in [2.75, 3.05) is 11.9 Å². The molecule has 0 aliphatic heterocycles. The van der Waals surface area contributed by atoms with Crippen LogP contribution in [0.4, 0.5) is 10.2 Å². The van der Waals surface area contributed by atoms with Crippen LogP contribution in [0.3, 0.4) is 0 Å². The molecule has 104 valence electrons. The fourth-order valence-corrected chi connectivity index (χ4v) is 2.90. The Morgan fingerprint density at radius 1 is 1.47 bits per heavy atom. The molecule has 0 amide bonds. The standard InChI is InChI=1S/C14H19FN2O2/c1-9-5-3-4-6-12(9)17(2)13-11(14(18)19)7-10(15)8-16-13/h7-9,12H,3-6H2,1-2H3,(H,18,19). The Morgan fingerprint density at radius 2 is 2.16 bits per heavy atom. The number of aromatic nitrogens is 1. The summed E-state index contributed by atoms with van der Waals surface area (Å²) in [6.07, 6.45) is 5.59. The Morgan fingerprint density at radius 3 is 2.79 bits per heavy atom. The lowest BCUT2D eigenvalue weighted by atomic mass is 9.85. The van der Waals surface area contributed by atoms with E-state index in [1.54, 1.807) is 0 Å². The van der Waals surface area contributed by atoms with E-state index in [-0.39, 0.29) is 11.6 Å². The molecule has 0 spiro atoms. The summed E-state index contributed by atoms with van der Waals surface area (Å²) in [6.45, 7) is 2.17. The third-order valence-corrected chi connectivity index (χ3v) is 3.96. The molecule has 1 fully saturated rings. The lowest BCUT2D eigenvalue weighted by molar-refractivity contribution is 0.0696. The monoisotopic (exact) mass is 266 g/mol. The quantitative estimate of drug-likeness (QED) is 0.914.